The number of benzene rings is 3. The number of ether oxygens (including phenoxy) is 2. The van der Waals surface area contributed by atoms with Crippen LogP contribution in [0.2, 0.25) is 0 Å². The van der Waals surface area contributed by atoms with E-state index >= 15 is 0 Å². The zero-order valence-electron chi connectivity index (χ0n) is 20.4. The van der Waals surface area contributed by atoms with Crippen LogP contribution in [0, 0.1) is 0 Å². The first-order valence-electron chi connectivity index (χ1n) is 11.5. The molecule has 0 aliphatic heterocycles. The molecule has 36 heavy (non-hydrogen) atoms. The van der Waals surface area contributed by atoms with Crippen molar-refractivity contribution in [1.82, 2.24) is 10.3 Å². The van der Waals surface area contributed by atoms with E-state index in [1.807, 2.05) is 37.3 Å². The van der Waals surface area contributed by atoms with Crippen LogP contribution in [0.1, 0.15) is 33.3 Å². The van der Waals surface area contributed by atoms with Gasteiger partial charge in [0.2, 0.25) is 0 Å². The SMILES string of the molecule is CCN(C(=O)c1ccccc1-c1ocnc1C(=O)NCc1cc(OC)ccc1OC)c1ccccc1. The third-order valence-electron chi connectivity index (χ3n) is 5.74. The van der Waals surface area contributed by atoms with Crippen molar-refractivity contribution in [1.29, 1.82) is 0 Å². The summed E-state index contributed by atoms with van der Waals surface area (Å²) < 4.78 is 16.3. The number of aromatic nitrogens is 1. The Morgan fingerprint density at radius 3 is 2.44 bits per heavy atom. The lowest BCUT2D eigenvalue weighted by Gasteiger charge is -2.22. The lowest BCUT2D eigenvalue weighted by Crippen LogP contribution is -2.31. The second-order valence-electron chi connectivity index (χ2n) is 7.82. The fourth-order valence-electron chi connectivity index (χ4n) is 3.94. The number of rotatable bonds is 9. The molecule has 0 bridgehead atoms. The molecule has 1 N–H and O–H groups in total. The molecule has 0 aliphatic rings. The molecule has 0 atom stereocenters. The fourth-order valence-corrected chi connectivity index (χ4v) is 3.94. The second kappa shape index (κ2) is 11.2. The molecule has 0 fully saturated rings. The van der Waals surface area contributed by atoms with Crippen LogP contribution in [0.5, 0.6) is 11.5 Å². The van der Waals surface area contributed by atoms with Crippen LogP contribution in [0.4, 0.5) is 5.69 Å². The zero-order chi connectivity index (χ0) is 25.5. The Bertz CT molecular complexity index is 1350. The standard InChI is InChI=1S/C28H27N3O5/c1-4-31(20-10-6-5-7-11-20)28(33)23-13-9-8-12-22(23)26-25(30-18-36-26)27(32)29-17-19-16-21(34-2)14-15-24(19)35-3/h5-16,18H,4,17H2,1-3H3,(H,29,32). The number of hydrogen-bond acceptors (Lipinski definition) is 6. The predicted octanol–water partition coefficient (Wildman–Crippen LogP) is 4.96. The van der Waals surface area contributed by atoms with E-state index in [0.717, 1.165) is 11.3 Å². The molecule has 1 heterocycles. The van der Waals surface area contributed by atoms with Gasteiger partial charge in [0.25, 0.3) is 11.8 Å². The molecule has 8 heteroatoms. The molecule has 2 amide bonds. The molecule has 4 aromatic rings. The maximum atomic E-state index is 13.6. The highest BCUT2D eigenvalue weighted by Gasteiger charge is 2.25. The van der Waals surface area contributed by atoms with Crippen LogP contribution in [0.3, 0.4) is 0 Å². The Morgan fingerprint density at radius 2 is 1.72 bits per heavy atom. The van der Waals surface area contributed by atoms with E-state index in [4.69, 9.17) is 13.9 Å². The number of carbonyl (C=O) groups excluding carboxylic acids is 2. The summed E-state index contributed by atoms with van der Waals surface area (Å²) in [5.41, 5.74) is 2.50. The summed E-state index contributed by atoms with van der Waals surface area (Å²) in [4.78, 5) is 32.5. The fraction of sp³-hybridized carbons (Fsp3) is 0.179. The Labute approximate surface area is 209 Å². The summed E-state index contributed by atoms with van der Waals surface area (Å²) in [5.74, 6) is 0.837. The average molecular weight is 486 g/mol. The van der Waals surface area contributed by atoms with Crippen molar-refractivity contribution in [3.8, 4) is 22.8 Å². The first-order chi connectivity index (χ1) is 17.6. The van der Waals surface area contributed by atoms with Gasteiger partial charge in [-0.05, 0) is 43.3 Å². The molecule has 8 nitrogen and oxygen atoms in total. The van der Waals surface area contributed by atoms with E-state index < -0.39 is 5.91 Å². The van der Waals surface area contributed by atoms with Gasteiger partial charge in [0.1, 0.15) is 11.5 Å². The van der Waals surface area contributed by atoms with Crippen LogP contribution in [0.15, 0.2) is 83.6 Å². The highest BCUT2D eigenvalue weighted by molar-refractivity contribution is 6.11. The van der Waals surface area contributed by atoms with Crippen LogP contribution in [0.25, 0.3) is 11.3 Å². The maximum Gasteiger partial charge on any atom is 0.274 e. The molecule has 1 aromatic heterocycles. The van der Waals surface area contributed by atoms with Gasteiger partial charge in [-0.15, -0.1) is 0 Å². The summed E-state index contributed by atoms with van der Waals surface area (Å²) >= 11 is 0. The molecule has 184 valence electrons. The van der Waals surface area contributed by atoms with Gasteiger partial charge >= 0.3 is 0 Å². The average Bonchev–Trinajstić information content (AvgIpc) is 3.42. The van der Waals surface area contributed by atoms with Crippen molar-refractivity contribution in [3.05, 3.63) is 96.0 Å². The number of anilines is 1. The lowest BCUT2D eigenvalue weighted by molar-refractivity contribution is 0.0944. The van der Waals surface area contributed by atoms with Gasteiger partial charge in [-0.2, -0.15) is 0 Å². The highest BCUT2D eigenvalue weighted by Crippen LogP contribution is 2.29. The quantitative estimate of drug-likeness (QED) is 0.360. The first-order valence-corrected chi connectivity index (χ1v) is 11.5. The third-order valence-corrected chi connectivity index (χ3v) is 5.74. The van der Waals surface area contributed by atoms with Gasteiger partial charge in [0.15, 0.2) is 17.8 Å². The molecule has 0 saturated heterocycles. The molecule has 4 rings (SSSR count). The number of nitrogens with zero attached hydrogens (tertiary/aromatic N) is 2. The van der Waals surface area contributed by atoms with Gasteiger partial charge < -0.3 is 24.1 Å². The van der Waals surface area contributed by atoms with Crippen molar-refractivity contribution in [3.63, 3.8) is 0 Å². The molecule has 0 radical (unpaired) electrons. The van der Waals surface area contributed by atoms with Gasteiger partial charge in [0, 0.05) is 29.9 Å². The molecule has 0 aliphatic carbocycles. The first kappa shape index (κ1) is 24.5. The van der Waals surface area contributed by atoms with E-state index in [9.17, 15) is 9.59 Å². The van der Waals surface area contributed by atoms with E-state index in [2.05, 4.69) is 10.3 Å². The number of para-hydroxylation sites is 1. The van der Waals surface area contributed by atoms with E-state index in [0.29, 0.717) is 29.2 Å². The van der Waals surface area contributed by atoms with Crippen molar-refractivity contribution in [2.45, 2.75) is 13.5 Å². The van der Waals surface area contributed by atoms with Gasteiger partial charge in [0.05, 0.1) is 19.8 Å². The topological polar surface area (TPSA) is 93.9 Å². The van der Waals surface area contributed by atoms with Crippen molar-refractivity contribution < 1.29 is 23.5 Å². The van der Waals surface area contributed by atoms with Gasteiger partial charge in [-0.1, -0.05) is 36.4 Å². The minimum absolute atomic E-state index is 0.0832. The van der Waals surface area contributed by atoms with Crippen LogP contribution in [-0.2, 0) is 6.54 Å². The largest absolute Gasteiger partial charge is 0.497 e. The summed E-state index contributed by atoms with van der Waals surface area (Å²) in [6.07, 6.45) is 1.20. The number of oxazole rings is 1. The maximum absolute atomic E-state index is 13.6. The molecule has 3 aromatic carbocycles. The normalized spacial score (nSPS) is 10.5. The highest BCUT2D eigenvalue weighted by atomic mass is 16.5. The number of amides is 2. The Morgan fingerprint density at radius 1 is 0.972 bits per heavy atom. The van der Waals surface area contributed by atoms with Crippen LogP contribution < -0.4 is 19.7 Å². The van der Waals surface area contributed by atoms with E-state index in [1.165, 1.54) is 6.39 Å². The number of nitrogens with one attached hydrogen (secondary N) is 1. The smallest absolute Gasteiger partial charge is 0.274 e. The number of methoxy groups -OCH3 is 2. The Balaban J connectivity index is 1.61. The zero-order valence-corrected chi connectivity index (χ0v) is 20.4. The van der Waals surface area contributed by atoms with Gasteiger partial charge in [-0.3, -0.25) is 9.59 Å². The van der Waals surface area contributed by atoms with Crippen LogP contribution in [-0.4, -0.2) is 37.6 Å². The summed E-state index contributed by atoms with van der Waals surface area (Å²) in [6.45, 7) is 2.57. The lowest BCUT2D eigenvalue weighted by atomic mass is 10.0. The summed E-state index contributed by atoms with van der Waals surface area (Å²) in [7, 11) is 3.13. The van der Waals surface area contributed by atoms with E-state index in [1.54, 1.807) is 61.6 Å². The Kier molecular flexibility index (Phi) is 7.65. The van der Waals surface area contributed by atoms with Crippen molar-refractivity contribution in [2.24, 2.45) is 0 Å². The third kappa shape index (κ3) is 5.07. The number of carbonyl (C=O) groups is 2. The van der Waals surface area contributed by atoms with E-state index in [-0.39, 0.29) is 23.9 Å². The predicted molar refractivity (Wildman–Crippen MR) is 136 cm³/mol. The molecular weight excluding hydrogens is 458 g/mol. The molecular formula is C28H27N3O5. The summed E-state index contributed by atoms with van der Waals surface area (Å²) in [6, 6.07) is 21.8. The molecule has 0 spiro atoms. The minimum atomic E-state index is -0.443. The monoisotopic (exact) mass is 485 g/mol. The molecule has 0 saturated carbocycles. The molecule has 0 unspecified atom stereocenters. The van der Waals surface area contributed by atoms with Crippen LogP contribution >= 0.6 is 0 Å². The Hall–Kier alpha value is -4.59. The van der Waals surface area contributed by atoms with Gasteiger partial charge in [-0.25, -0.2) is 4.98 Å². The summed E-state index contributed by atoms with van der Waals surface area (Å²) in [5, 5.41) is 2.85. The van der Waals surface area contributed by atoms with Crippen molar-refractivity contribution in [2.75, 3.05) is 25.7 Å². The van der Waals surface area contributed by atoms with Crippen molar-refractivity contribution >= 4 is 17.5 Å². The number of hydrogen-bond donors (Lipinski definition) is 1. The minimum Gasteiger partial charge on any atom is -0.497 e. The second-order valence-corrected chi connectivity index (χ2v) is 7.82.